The molecule has 0 aromatic heterocycles. The molecule has 0 atom stereocenters. The van der Waals surface area contributed by atoms with Gasteiger partial charge in [-0.15, -0.1) is 0 Å². The minimum absolute atomic E-state index is 0.0646. The smallest absolute Gasteiger partial charge is 0.313 e. The molecule has 0 heterocycles. The van der Waals surface area contributed by atoms with Crippen molar-refractivity contribution in [2.75, 3.05) is 5.32 Å². The molecule has 0 aliphatic carbocycles. The van der Waals surface area contributed by atoms with Gasteiger partial charge in [-0.2, -0.15) is 0 Å². The Morgan fingerprint density at radius 2 is 1.62 bits per heavy atom. The average molecular weight is 357 g/mol. The van der Waals surface area contributed by atoms with Gasteiger partial charge in [0, 0.05) is 12.6 Å². The lowest BCUT2D eigenvalue weighted by Crippen LogP contribution is -2.36. The minimum atomic E-state index is -0.892. The molecule has 0 unspecified atom stereocenters. The highest BCUT2D eigenvalue weighted by atomic mass is 19.1. The van der Waals surface area contributed by atoms with Gasteiger partial charge in [-0.1, -0.05) is 24.3 Å². The second kappa shape index (κ2) is 8.75. The van der Waals surface area contributed by atoms with E-state index in [0.29, 0.717) is 5.56 Å². The van der Waals surface area contributed by atoms with Crippen molar-refractivity contribution < 1.29 is 18.8 Å². The Kier molecular flexibility index (Phi) is 6.43. The Balaban J connectivity index is 1.99. The van der Waals surface area contributed by atoms with Crippen LogP contribution in [0.25, 0.3) is 0 Å². The van der Waals surface area contributed by atoms with Crippen molar-refractivity contribution in [2.45, 2.75) is 26.4 Å². The molecule has 6 nitrogen and oxygen atoms in total. The van der Waals surface area contributed by atoms with Gasteiger partial charge in [0.05, 0.1) is 11.3 Å². The van der Waals surface area contributed by atoms with E-state index in [-0.39, 0.29) is 35.6 Å². The Morgan fingerprint density at radius 1 is 0.962 bits per heavy atom. The first-order chi connectivity index (χ1) is 12.4. The predicted octanol–water partition coefficient (Wildman–Crippen LogP) is 2.22. The van der Waals surface area contributed by atoms with E-state index in [1.807, 2.05) is 13.8 Å². The van der Waals surface area contributed by atoms with E-state index in [1.165, 1.54) is 24.3 Å². The third-order valence-corrected chi connectivity index (χ3v) is 3.41. The molecule has 0 bridgehead atoms. The zero-order valence-electron chi connectivity index (χ0n) is 14.5. The highest BCUT2D eigenvalue weighted by Gasteiger charge is 2.18. The van der Waals surface area contributed by atoms with Crippen LogP contribution in [-0.2, 0) is 16.1 Å². The number of anilines is 1. The van der Waals surface area contributed by atoms with Crippen LogP contribution in [-0.4, -0.2) is 23.8 Å². The minimum Gasteiger partial charge on any atom is -0.350 e. The van der Waals surface area contributed by atoms with E-state index in [4.69, 9.17) is 0 Å². The molecular weight excluding hydrogens is 337 g/mol. The lowest BCUT2D eigenvalue weighted by Gasteiger charge is -2.13. The lowest BCUT2D eigenvalue weighted by molar-refractivity contribution is -0.136. The predicted molar refractivity (Wildman–Crippen MR) is 95.9 cm³/mol. The van der Waals surface area contributed by atoms with Gasteiger partial charge >= 0.3 is 11.8 Å². The lowest BCUT2D eigenvalue weighted by atomic mass is 10.1. The maximum atomic E-state index is 12.9. The molecule has 0 fully saturated rings. The van der Waals surface area contributed by atoms with Gasteiger partial charge in [-0.3, -0.25) is 14.4 Å². The SMILES string of the molecule is CC(C)NC(=O)c1ccccc1NC(=O)C(=O)NCc1ccc(F)cc1. The van der Waals surface area contributed by atoms with Gasteiger partial charge in [0.25, 0.3) is 5.91 Å². The topological polar surface area (TPSA) is 87.3 Å². The van der Waals surface area contributed by atoms with E-state index in [1.54, 1.807) is 24.3 Å². The molecule has 7 heteroatoms. The fourth-order valence-electron chi connectivity index (χ4n) is 2.17. The maximum absolute atomic E-state index is 12.9. The number of carbonyl (C=O) groups is 3. The summed E-state index contributed by atoms with van der Waals surface area (Å²) in [6, 6.07) is 11.9. The molecule has 136 valence electrons. The van der Waals surface area contributed by atoms with Gasteiger partial charge in [0.15, 0.2) is 0 Å². The molecule has 26 heavy (non-hydrogen) atoms. The molecule has 2 aromatic carbocycles. The van der Waals surface area contributed by atoms with E-state index in [9.17, 15) is 18.8 Å². The number of benzene rings is 2. The van der Waals surface area contributed by atoms with Crippen LogP contribution in [0.3, 0.4) is 0 Å². The first-order valence-electron chi connectivity index (χ1n) is 8.10. The Bertz CT molecular complexity index is 804. The van der Waals surface area contributed by atoms with E-state index < -0.39 is 11.8 Å². The molecule has 0 aliphatic rings. The molecule has 0 radical (unpaired) electrons. The summed E-state index contributed by atoms with van der Waals surface area (Å²) >= 11 is 0. The fourth-order valence-corrected chi connectivity index (χ4v) is 2.17. The second-order valence-corrected chi connectivity index (χ2v) is 5.94. The molecule has 3 amide bonds. The normalized spacial score (nSPS) is 10.3. The van der Waals surface area contributed by atoms with Crippen molar-refractivity contribution >= 4 is 23.4 Å². The van der Waals surface area contributed by atoms with Crippen LogP contribution in [0.5, 0.6) is 0 Å². The van der Waals surface area contributed by atoms with Gasteiger partial charge < -0.3 is 16.0 Å². The van der Waals surface area contributed by atoms with Crippen LogP contribution in [0, 0.1) is 5.82 Å². The summed E-state index contributed by atoms with van der Waals surface area (Å²) in [7, 11) is 0. The summed E-state index contributed by atoms with van der Waals surface area (Å²) in [5, 5.41) is 7.62. The summed E-state index contributed by atoms with van der Waals surface area (Å²) in [6.45, 7) is 3.73. The first-order valence-corrected chi connectivity index (χ1v) is 8.10. The van der Waals surface area contributed by atoms with Crippen molar-refractivity contribution in [3.8, 4) is 0 Å². The van der Waals surface area contributed by atoms with Crippen molar-refractivity contribution in [3.63, 3.8) is 0 Å². The van der Waals surface area contributed by atoms with Crippen LogP contribution in [0.1, 0.15) is 29.8 Å². The van der Waals surface area contributed by atoms with Crippen molar-refractivity contribution in [2.24, 2.45) is 0 Å². The number of amides is 3. The Morgan fingerprint density at radius 3 is 2.27 bits per heavy atom. The van der Waals surface area contributed by atoms with Crippen LogP contribution >= 0.6 is 0 Å². The monoisotopic (exact) mass is 357 g/mol. The van der Waals surface area contributed by atoms with Crippen LogP contribution in [0.15, 0.2) is 48.5 Å². The van der Waals surface area contributed by atoms with Gasteiger partial charge in [-0.05, 0) is 43.7 Å². The molecule has 3 N–H and O–H groups in total. The number of para-hydroxylation sites is 1. The molecular formula is C19H20FN3O3. The molecule has 0 aliphatic heterocycles. The number of halogens is 1. The standard InChI is InChI=1S/C19H20FN3O3/c1-12(2)22-17(24)15-5-3-4-6-16(15)23-19(26)18(25)21-11-13-7-9-14(20)10-8-13/h3-10,12H,11H2,1-2H3,(H,21,25)(H,22,24)(H,23,26). The quantitative estimate of drug-likeness (QED) is 0.717. The number of hydrogen-bond acceptors (Lipinski definition) is 3. The first kappa shape index (κ1) is 19.1. The van der Waals surface area contributed by atoms with Crippen molar-refractivity contribution in [1.29, 1.82) is 0 Å². The maximum Gasteiger partial charge on any atom is 0.313 e. The van der Waals surface area contributed by atoms with Crippen LogP contribution in [0.4, 0.5) is 10.1 Å². The summed E-state index contributed by atoms with van der Waals surface area (Å²) in [6.07, 6.45) is 0. The third-order valence-electron chi connectivity index (χ3n) is 3.41. The second-order valence-electron chi connectivity index (χ2n) is 5.94. The number of carbonyl (C=O) groups excluding carboxylic acids is 3. The average Bonchev–Trinajstić information content (AvgIpc) is 2.60. The van der Waals surface area contributed by atoms with E-state index in [0.717, 1.165) is 0 Å². The highest BCUT2D eigenvalue weighted by Crippen LogP contribution is 2.15. The zero-order chi connectivity index (χ0) is 19.1. The van der Waals surface area contributed by atoms with Crippen molar-refractivity contribution in [1.82, 2.24) is 10.6 Å². The van der Waals surface area contributed by atoms with Crippen LogP contribution < -0.4 is 16.0 Å². The van der Waals surface area contributed by atoms with Crippen LogP contribution in [0.2, 0.25) is 0 Å². The Labute approximate surface area is 150 Å². The fraction of sp³-hybridized carbons (Fsp3) is 0.211. The van der Waals surface area contributed by atoms with Gasteiger partial charge in [0.2, 0.25) is 0 Å². The molecule has 0 saturated heterocycles. The number of nitrogens with one attached hydrogen (secondary N) is 3. The van der Waals surface area contributed by atoms with E-state index in [2.05, 4.69) is 16.0 Å². The number of hydrogen-bond donors (Lipinski definition) is 3. The zero-order valence-corrected chi connectivity index (χ0v) is 14.5. The molecule has 0 spiro atoms. The van der Waals surface area contributed by atoms with E-state index >= 15 is 0 Å². The van der Waals surface area contributed by atoms with Crippen molar-refractivity contribution in [3.05, 3.63) is 65.5 Å². The van der Waals surface area contributed by atoms with Gasteiger partial charge in [-0.25, -0.2) is 4.39 Å². The highest BCUT2D eigenvalue weighted by molar-refractivity contribution is 6.40. The molecule has 2 rings (SSSR count). The summed E-state index contributed by atoms with van der Waals surface area (Å²) in [5.41, 5.74) is 1.16. The number of rotatable bonds is 5. The Hall–Kier alpha value is -3.22. The summed E-state index contributed by atoms with van der Waals surface area (Å²) < 4.78 is 12.9. The molecule has 2 aromatic rings. The summed E-state index contributed by atoms with van der Waals surface area (Å²) in [5.74, 6) is -2.47. The molecule has 0 saturated carbocycles. The third kappa shape index (κ3) is 5.41. The van der Waals surface area contributed by atoms with Gasteiger partial charge in [0.1, 0.15) is 5.82 Å². The summed E-state index contributed by atoms with van der Waals surface area (Å²) in [4.78, 5) is 36.2. The largest absolute Gasteiger partial charge is 0.350 e.